The van der Waals surface area contributed by atoms with E-state index in [0.717, 1.165) is 0 Å². The van der Waals surface area contributed by atoms with Crippen molar-refractivity contribution in [1.29, 1.82) is 0 Å². The molecule has 0 aliphatic rings. The number of Topliss-reactive ketones (excluding diaryl/α,β-unsaturated/α-hetero) is 1. The van der Waals surface area contributed by atoms with Gasteiger partial charge in [-0.3, -0.25) is 14.9 Å². The lowest BCUT2D eigenvalue weighted by Crippen LogP contribution is -2.20. The van der Waals surface area contributed by atoms with Gasteiger partial charge >= 0.3 is 0 Å². The third-order valence-electron chi connectivity index (χ3n) is 2.00. The lowest BCUT2D eigenvalue weighted by atomic mass is 10.2. The topological polar surface area (TPSA) is 69.4 Å². The highest BCUT2D eigenvalue weighted by Gasteiger charge is 2.14. The number of ether oxygens (including phenoxy) is 1. The number of nitrogens with zero attached hydrogens (tertiary/aromatic N) is 1. The van der Waals surface area contributed by atoms with E-state index < -0.39 is 11.0 Å². The molecule has 1 aromatic carbocycles. The molecule has 1 aromatic rings. The number of hydrogen-bond donors (Lipinski definition) is 0. The standard InChI is InChI=1S/C10H10ClNO4/c1-6(13)7(2)16-10-4-3-8(12(14)15)5-9(10)11/h3-5,7H,1-2H3. The highest BCUT2D eigenvalue weighted by Crippen LogP contribution is 2.29. The Morgan fingerprint density at radius 2 is 2.19 bits per heavy atom. The van der Waals surface area contributed by atoms with Crippen LogP contribution < -0.4 is 4.74 Å². The fraction of sp³-hybridized carbons (Fsp3) is 0.300. The highest BCUT2D eigenvalue weighted by atomic mass is 35.5. The Bertz CT molecular complexity index is 433. The average molecular weight is 244 g/mol. The minimum atomic E-state index is -0.626. The molecule has 0 aliphatic carbocycles. The van der Waals surface area contributed by atoms with E-state index in [0.29, 0.717) is 0 Å². The number of carbonyl (C=O) groups excluding carboxylic acids is 1. The van der Waals surface area contributed by atoms with Crippen molar-refractivity contribution in [2.24, 2.45) is 0 Å². The second-order valence-electron chi connectivity index (χ2n) is 3.24. The second kappa shape index (κ2) is 4.94. The quantitative estimate of drug-likeness (QED) is 0.602. The molecule has 0 amide bonds. The molecule has 0 spiro atoms. The van der Waals surface area contributed by atoms with Gasteiger partial charge in [0.2, 0.25) is 0 Å². The number of ketones is 1. The van der Waals surface area contributed by atoms with Crippen molar-refractivity contribution in [2.45, 2.75) is 20.0 Å². The monoisotopic (exact) mass is 243 g/mol. The summed E-state index contributed by atoms with van der Waals surface area (Å²) in [7, 11) is 0. The largest absolute Gasteiger partial charge is 0.481 e. The molecule has 0 aliphatic heterocycles. The van der Waals surface area contributed by atoms with Crippen molar-refractivity contribution in [3.8, 4) is 5.75 Å². The molecule has 0 heterocycles. The first-order chi connectivity index (χ1) is 7.41. The van der Waals surface area contributed by atoms with Gasteiger partial charge in [0.05, 0.1) is 9.95 Å². The molecule has 16 heavy (non-hydrogen) atoms. The molecule has 0 aromatic heterocycles. The fourth-order valence-corrected chi connectivity index (χ4v) is 1.19. The van der Waals surface area contributed by atoms with Gasteiger partial charge in [-0.15, -0.1) is 0 Å². The zero-order valence-electron chi connectivity index (χ0n) is 8.77. The van der Waals surface area contributed by atoms with Crippen LogP contribution in [0.1, 0.15) is 13.8 Å². The zero-order chi connectivity index (χ0) is 12.3. The molecule has 0 bridgehead atoms. The third-order valence-corrected chi connectivity index (χ3v) is 2.30. The van der Waals surface area contributed by atoms with Crippen LogP contribution in [0.5, 0.6) is 5.75 Å². The molecule has 0 radical (unpaired) electrons. The Balaban J connectivity index is 2.91. The highest BCUT2D eigenvalue weighted by molar-refractivity contribution is 6.32. The van der Waals surface area contributed by atoms with Gasteiger partial charge in [-0.1, -0.05) is 11.6 Å². The van der Waals surface area contributed by atoms with Gasteiger partial charge in [-0.25, -0.2) is 0 Å². The van der Waals surface area contributed by atoms with Gasteiger partial charge < -0.3 is 4.74 Å². The summed E-state index contributed by atoms with van der Waals surface area (Å²) in [6.45, 7) is 2.98. The van der Waals surface area contributed by atoms with E-state index in [1.165, 1.54) is 25.1 Å². The summed E-state index contributed by atoms with van der Waals surface area (Å²) < 4.78 is 5.24. The molecule has 86 valence electrons. The van der Waals surface area contributed by atoms with Crippen molar-refractivity contribution in [3.63, 3.8) is 0 Å². The number of non-ortho nitro benzene ring substituents is 1. The van der Waals surface area contributed by atoms with Crippen LogP contribution in [0.25, 0.3) is 0 Å². The first-order valence-corrected chi connectivity index (χ1v) is 4.90. The van der Waals surface area contributed by atoms with E-state index in [2.05, 4.69) is 0 Å². The van der Waals surface area contributed by atoms with Crippen molar-refractivity contribution in [2.75, 3.05) is 0 Å². The summed E-state index contributed by atoms with van der Waals surface area (Å²) in [4.78, 5) is 20.9. The van der Waals surface area contributed by atoms with Crippen LogP contribution in [0.4, 0.5) is 5.69 Å². The SMILES string of the molecule is CC(=O)C(C)Oc1ccc([N+](=O)[O-])cc1Cl. The first kappa shape index (κ1) is 12.4. The maximum Gasteiger partial charge on any atom is 0.271 e. The molecular formula is C10H10ClNO4. The summed E-state index contributed by atoms with van der Waals surface area (Å²) in [5.41, 5.74) is -0.118. The molecule has 0 saturated heterocycles. The lowest BCUT2D eigenvalue weighted by molar-refractivity contribution is -0.384. The lowest BCUT2D eigenvalue weighted by Gasteiger charge is -2.12. The normalized spacial score (nSPS) is 11.9. The number of halogens is 1. The summed E-state index contributed by atoms with van der Waals surface area (Å²) in [6, 6.07) is 3.83. The van der Waals surface area contributed by atoms with Crippen LogP contribution >= 0.6 is 11.6 Å². The van der Waals surface area contributed by atoms with Crippen molar-refractivity contribution in [1.82, 2.24) is 0 Å². The van der Waals surface area contributed by atoms with Gasteiger partial charge in [-0.05, 0) is 19.9 Å². The van der Waals surface area contributed by atoms with E-state index in [9.17, 15) is 14.9 Å². The molecule has 0 saturated carbocycles. The molecule has 0 fully saturated rings. The Labute approximate surface area is 97.1 Å². The summed E-state index contributed by atoms with van der Waals surface area (Å²) in [5.74, 6) is 0.115. The fourth-order valence-electron chi connectivity index (χ4n) is 0.972. The van der Waals surface area contributed by atoms with E-state index in [-0.39, 0.29) is 22.2 Å². The average Bonchev–Trinajstić information content (AvgIpc) is 2.20. The number of rotatable bonds is 4. The maximum absolute atomic E-state index is 11.0. The number of carbonyl (C=O) groups is 1. The minimum Gasteiger partial charge on any atom is -0.481 e. The number of hydrogen-bond acceptors (Lipinski definition) is 4. The zero-order valence-corrected chi connectivity index (χ0v) is 9.52. The minimum absolute atomic E-state index is 0.113. The van der Waals surface area contributed by atoms with Gasteiger partial charge in [0.1, 0.15) is 5.75 Å². The summed E-state index contributed by atoms with van der Waals surface area (Å²) in [5, 5.41) is 10.6. The Morgan fingerprint density at radius 3 is 2.62 bits per heavy atom. The number of nitro groups is 1. The molecule has 5 nitrogen and oxygen atoms in total. The van der Waals surface area contributed by atoms with Crippen LogP contribution in [0.3, 0.4) is 0 Å². The first-order valence-electron chi connectivity index (χ1n) is 4.53. The van der Waals surface area contributed by atoms with Gasteiger partial charge in [0.15, 0.2) is 11.9 Å². The molecule has 1 atom stereocenters. The van der Waals surface area contributed by atoms with Crippen LogP contribution in [-0.4, -0.2) is 16.8 Å². The molecule has 1 rings (SSSR count). The van der Waals surface area contributed by atoms with Crippen molar-refractivity contribution in [3.05, 3.63) is 33.3 Å². The summed E-state index contributed by atoms with van der Waals surface area (Å²) >= 11 is 5.78. The van der Waals surface area contributed by atoms with E-state index in [1.807, 2.05) is 0 Å². The Kier molecular flexibility index (Phi) is 3.84. The number of nitro benzene ring substituents is 1. The van der Waals surface area contributed by atoms with E-state index in [1.54, 1.807) is 6.92 Å². The van der Waals surface area contributed by atoms with Gasteiger partial charge in [0, 0.05) is 12.1 Å². The summed E-state index contributed by atoms with van der Waals surface area (Å²) in [6.07, 6.45) is -0.626. The predicted molar refractivity (Wildman–Crippen MR) is 58.9 cm³/mol. The maximum atomic E-state index is 11.0. The van der Waals surface area contributed by atoms with Gasteiger partial charge in [-0.2, -0.15) is 0 Å². The van der Waals surface area contributed by atoms with E-state index >= 15 is 0 Å². The third kappa shape index (κ3) is 2.93. The van der Waals surface area contributed by atoms with Crippen LogP contribution in [0.15, 0.2) is 18.2 Å². The Hall–Kier alpha value is -1.62. The molecule has 1 unspecified atom stereocenters. The van der Waals surface area contributed by atoms with Crippen LogP contribution in [-0.2, 0) is 4.79 Å². The van der Waals surface area contributed by atoms with Gasteiger partial charge in [0.25, 0.3) is 5.69 Å². The molecule has 6 heteroatoms. The van der Waals surface area contributed by atoms with Crippen LogP contribution in [0.2, 0.25) is 5.02 Å². The van der Waals surface area contributed by atoms with Crippen LogP contribution in [0, 0.1) is 10.1 Å². The smallest absolute Gasteiger partial charge is 0.271 e. The Morgan fingerprint density at radius 1 is 1.56 bits per heavy atom. The number of benzene rings is 1. The van der Waals surface area contributed by atoms with Crippen molar-refractivity contribution >= 4 is 23.1 Å². The van der Waals surface area contributed by atoms with Crippen molar-refractivity contribution < 1.29 is 14.5 Å². The molecular weight excluding hydrogens is 234 g/mol. The molecule has 0 N–H and O–H groups in total. The predicted octanol–water partition coefficient (Wildman–Crippen LogP) is 2.60. The van der Waals surface area contributed by atoms with E-state index in [4.69, 9.17) is 16.3 Å². The second-order valence-corrected chi connectivity index (χ2v) is 3.65.